The van der Waals surface area contributed by atoms with Gasteiger partial charge in [0.1, 0.15) is 31.2 Å². The fourth-order valence-corrected chi connectivity index (χ4v) is 4.92. The number of carbonyl (C=O) groups excluding carboxylic acids is 2. The largest absolute Gasteiger partial charge is 0.490 e. The fourth-order valence-electron chi connectivity index (χ4n) is 4.92. The summed E-state index contributed by atoms with van der Waals surface area (Å²) >= 11 is 0. The van der Waals surface area contributed by atoms with E-state index in [1.807, 2.05) is 33.8 Å². The van der Waals surface area contributed by atoms with E-state index in [9.17, 15) is 9.59 Å². The van der Waals surface area contributed by atoms with E-state index in [1.165, 1.54) is 5.56 Å². The Labute approximate surface area is 205 Å². The molecule has 0 aliphatic carbocycles. The molecule has 0 spiro atoms. The van der Waals surface area contributed by atoms with Crippen LogP contribution in [-0.2, 0) is 17.6 Å². The molecule has 3 aliphatic heterocycles. The second-order valence-corrected chi connectivity index (χ2v) is 10.1. The minimum atomic E-state index is -0.534. The molecule has 0 atom stereocenters. The van der Waals surface area contributed by atoms with Crippen molar-refractivity contribution in [3.63, 3.8) is 0 Å². The minimum Gasteiger partial charge on any atom is -0.490 e. The van der Waals surface area contributed by atoms with E-state index in [4.69, 9.17) is 18.9 Å². The predicted octanol–water partition coefficient (Wildman–Crippen LogP) is 4.14. The van der Waals surface area contributed by atoms with E-state index in [0.717, 1.165) is 16.8 Å². The second-order valence-electron chi connectivity index (χ2n) is 10.1. The van der Waals surface area contributed by atoms with Crippen molar-refractivity contribution in [2.75, 3.05) is 44.4 Å². The first-order valence-corrected chi connectivity index (χ1v) is 12.2. The molecule has 0 saturated carbocycles. The summed E-state index contributed by atoms with van der Waals surface area (Å²) < 4.78 is 22.9. The van der Waals surface area contributed by atoms with Crippen molar-refractivity contribution in [2.24, 2.45) is 0 Å². The first-order chi connectivity index (χ1) is 16.7. The maximum atomic E-state index is 13.6. The number of rotatable bonds is 1. The highest BCUT2D eigenvalue weighted by Gasteiger charge is 2.31. The van der Waals surface area contributed by atoms with Crippen LogP contribution in [-0.4, -0.2) is 62.0 Å². The highest BCUT2D eigenvalue weighted by atomic mass is 16.6. The Balaban J connectivity index is 1.43. The molecule has 0 saturated heterocycles. The Kier molecular flexibility index (Phi) is 5.99. The molecule has 35 heavy (non-hydrogen) atoms. The lowest BCUT2D eigenvalue weighted by Gasteiger charge is -2.33. The smallest absolute Gasteiger partial charge is 0.410 e. The Morgan fingerprint density at radius 3 is 2.37 bits per heavy atom. The molecule has 8 nitrogen and oxygen atoms in total. The summed E-state index contributed by atoms with van der Waals surface area (Å²) in [5.41, 5.74) is 4.16. The van der Waals surface area contributed by atoms with Gasteiger partial charge in [-0.15, -0.1) is 0 Å². The maximum Gasteiger partial charge on any atom is 0.410 e. The molecule has 3 heterocycles. The average molecular weight is 481 g/mol. The Hall–Kier alpha value is -3.42. The molecule has 2 aromatic carbocycles. The first-order valence-electron chi connectivity index (χ1n) is 12.2. The van der Waals surface area contributed by atoms with Crippen molar-refractivity contribution in [2.45, 2.75) is 46.1 Å². The molecule has 0 unspecified atom stereocenters. The summed E-state index contributed by atoms with van der Waals surface area (Å²) in [7, 11) is 0. The van der Waals surface area contributed by atoms with E-state index >= 15 is 0 Å². The Morgan fingerprint density at radius 2 is 1.60 bits per heavy atom. The van der Waals surface area contributed by atoms with E-state index < -0.39 is 5.60 Å². The normalized spacial score (nSPS) is 17.0. The molecule has 0 bridgehead atoms. The van der Waals surface area contributed by atoms with E-state index in [0.29, 0.717) is 75.1 Å². The van der Waals surface area contributed by atoms with E-state index in [2.05, 4.69) is 0 Å². The van der Waals surface area contributed by atoms with Crippen LogP contribution in [0.2, 0.25) is 0 Å². The van der Waals surface area contributed by atoms with Gasteiger partial charge in [-0.2, -0.15) is 0 Å². The average Bonchev–Trinajstić information content (AvgIpc) is 3.05. The predicted molar refractivity (Wildman–Crippen MR) is 131 cm³/mol. The zero-order chi connectivity index (χ0) is 24.7. The lowest BCUT2D eigenvalue weighted by atomic mass is 9.94. The minimum absolute atomic E-state index is 0.0985. The Morgan fingerprint density at radius 1 is 0.886 bits per heavy atom. The summed E-state index contributed by atoms with van der Waals surface area (Å²) in [6, 6.07) is 7.36. The van der Waals surface area contributed by atoms with Crippen LogP contribution in [0.1, 0.15) is 47.8 Å². The van der Waals surface area contributed by atoms with Crippen LogP contribution in [0, 0.1) is 6.92 Å². The number of hydrogen-bond acceptors (Lipinski definition) is 6. The van der Waals surface area contributed by atoms with Gasteiger partial charge in [-0.05, 0) is 81.5 Å². The summed E-state index contributed by atoms with van der Waals surface area (Å²) in [6.45, 7) is 10.7. The van der Waals surface area contributed by atoms with Crippen LogP contribution in [0.4, 0.5) is 10.5 Å². The van der Waals surface area contributed by atoms with Gasteiger partial charge in [0.25, 0.3) is 5.91 Å². The zero-order valence-electron chi connectivity index (χ0n) is 20.8. The molecule has 0 radical (unpaired) electrons. The lowest BCUT2D eigenvalue weighted by Crippen LogP contribution is -2.39. The van der Waals surface area contributed by atoms with E-state index in [-0.39, 0.29) is 12.0 Å². The van der Waals surface area contributed by atoms with Gasteiger partial charge in [0.05, 0.1) is 12.2 Å². The second kappa shape index (κ2) is 8.98. The molecule has 2 amide bonds. The molecule has 8 heteroatoms. The number of carbonyl (C=O) groups is 2. The molecule has 186 valence electrons. The van der Waals surface area contributed by atoms with Crippen molar-refractivity contribution in [1.29, 1.82) is 0 Å². The van der Waals surface area contributed by atoms with Gasteiger partial charge in [0.15, 0.2) is 11.5 Å². The molecular formula is C27H32N2O6. The van der Waals surface area contributed by atoms with E-state index in [1.54, 1.807) is 28.0 Å². The number of ether oxygens (including phenoxy) is 4. The third kappa shape index (κ3) is 4.61. The van der Waals surface area contributed by atoms with Crippen LogP contribution >= 0.6 is 0 Å². The molecule has 3 aliphatic rings. The zero-order valence-corrected chi connectivity index (χ0v) is 20.8. The van der Waals surface area contributed by atoms with Crippen LogP contribution in [0.3, 0.4) is 0 Å². The van der Waals surface area contributed by atoms with Gasteiger partial charge in [0.2, 0.25) is 0 Å². The third-order valence-electron chi connectivity index (χ3n) is 6.55. The van der Waals surface area contributed by atoms with Crippen molar-refractivity contribution in [3.05, 3.63) is 46.5 Å². The molecule has 0 aromatic heterocycles. The highest BCUT2D eigenvalue weighted by Crippen LogP contribution is 2.41. The standard InChI is InChI=1S/C27H32N2O6/c1-17-20-8-10-28(26(31)35-27(2,3)4)9-7-18(20)15-23-24(17)29(11-12-32-23)25(30)19-5-6-21-22(16-19)34-14-13-33-21/h5-6,15-16H,7-14H2,1-4H3. The summed E-state index contributed by atoms with van der Waals surface area (Å²) in [6.07, 6.45) is 1.11. The summed E-state index contributed by atoms with van der Waals surface area (Å²) in [4.78, 5) is 29.8. The number of amides is 2. The number of fused-ring (bicyclic) bond motifs is 3. The van der Waals surface area contributed by atoms with Crippen LogP contribution < -0.4 is 19.1 Å². The number of hydrogen-bond donors (Lipinski definition) is 0. The van der Waals surface area contributed by atoms with Crippen LogP contribution in [0.15, 0.2) is 24.3 Å². The quantitative estimate of drug-likeness (QED) is 0.611. The van der Waals surface area contributed by atoms with Gasteiger partial charge in [-0.1, -0.05) is 0 Å². The fraction of sp³-hybridized carbons (Fsp3) is 0.481. The first kappa shape index (κ1) is 23.3. The topological polar surface area (TPSA) is 77.5 Å². The van der Waals surface area contributed by atoms with Crippen molar-refractivity contribution in [3.8, 4) is 17.2 Å². The van der Waals surface area contributed by atoms with Gasteiger partial charge in [-0.25, -0.2) is 4.79 Å². The molecule has 2 aromatic rings. The highest BCUT2D eigenvalue weighted by molar-refractivity contribution is 6.08. The van der Waals surface area contributed by atoms with Gasteiger partial charge in [0, 0.05) is 18.7 Å². The summed E-state index contributed by atoms with van der Waals surface area (Å²) in [5, 5.41) is 0. The monoisotopic (exact) mass is 480 g/mol. The SMILES string of the molecule is Cc1c2c(cc3c1N(C(=O)c1ccc4c(c1)OCCO4)CCO3)CCN(C(=O)OC(C)(C)C)CC2. The van der Waals surface area contributed by atoms with Gasteiger partial charge >= 0.3 is 6.09 Å². The van der Waals surface area contributed by atoms with Crippen molar-refractivity contribution < 1.29 is 28.5 Å². The summed E-state index contributed by atoms with van der Waals surface area (Å²) in [5.74, 6) is 1.87. The van der Waals surface area contributed by atoms with Crippen molar-refractivity contribution in [1.82, 2.24) is 4.90 Å². The van der Waals surface area contributed by atoms with Gasteiger partial charge in [-0.3, -0.25) is 4.79 Å². The molecule has 0 N–H and O–H groups in total. The van der Waals surface area contributed by atoms with Crippen LogP contribution in [0.25, 0.3) is 0 Å². The number of nitrogens with zero attached hydrogens (tertiary/aromatic N) is 2. The molecular weight excluding hydrogens is 448 g/mol. The molecule has 0 fully saturated rings. The van der Waals surface area contributed by atoms with Crippen molar-refractivity contribution >= 4 is 17.7 Å². The Bertz CT molecular complexity index is 1170. The maximum absolute atomic E-state index is 13.6. The van der Waals surface area contributed by atoms with Gasteiger partial charge < -0.3 is 28.7 Å². The molecule has 5 rings (SSSR count). The van der Waals surface area contributed by atoms with Crippen LogP contribution in [0.5, 0.6) is 17.2 Å². The number of benzene rings is 2. The third-order valence-corrected chi connectivity index (χ3v) is 6.55. The lowest BCUT2D eigenvalue weighted by molar-refractivity contribution is 0.0258. The number of anilines is 1.